The number of hydrogen-bond donors (Lipinski definition) is 1. The summed E-state index contributed by atoms with van der Waals surface area (Å²) in [5.74, 6) is -0.455. The van der Waals surface area contributed by atoms with E-state index in [4.69, 9.17) is 11.6 Å². The van der Waals surface area contributed by atoms with Crippen LogP contribution >= 0.6 is 11.6 Å². The van der Waals surface area contributed by atoms with Crippen molar-refractivity contribution in [2.45, 2.75) is 11.3 Å². The largest absolute Gasteiger partial charge is 0.325 e. The van der Waals surface area contributed by atoms with E-state index in [2.05, 4.69) is 10.3 Å². The van der Waals surface area contributed by atoms with Crippen molar-refractivity contribution < 1.29 is 13.2 Å². The maximum absolute atomic E-state index is 13.3. The van der Waals surface area contributed by atoms with Crippen molar-refractivity contribution in [1.29, 1.82) is 0 Å². The average molecular weight is 492 g/mol. The average Bonchev–Trinajstić information content (AvgIpc) is 2.85. The van der Waals surface area contributed by atoms with E-state index >= 15 is 0 Å². The van der Waals surface area contributed by atoms with Gasteiger partial charge < -0.3 is 5.32 Å². The first-order valence-corrected chi connectivity index (χ1v) is 12.3. The number of carbonyl (C=O) groups is 1. The maximum Gasteiger partial charge on any atom is 0.264 e. The quantitative estimate of drug-likeness (QED) is 0.369. The fourth-order valence-electron chi connectivity index (χ4n) is 3.42. The molecule has 0 bridgehead atoms. The predicted molar refractivity (Wildman–Crippen MR) is 135 cm³/mol. The zero-order valence-electron chi connectivity index (χ0n) is 18.1. The molecule has 4 aromatic rings. The van der Waals surface area contributed by atoms with Crippen LogP contribution in [0.5, 0.6) is 0 Å². The number of nitrogens with one attached hydrogen (secondary N) is 1. The fraction of sp³-hybridized carbons (Fsp3) is 0.0769. The van der Waals surface area contributed by atoms with Crippen LogP contribution in [-0.4, -0.2) is 25.9 Å². The lowest BCUT2D eigenvalue weighted by Crippen LogP contribution is -2.38. The standard InChI is InChI=1S/C26H22ClN3O3S/c27-22-8-12-25(13-9-22)34(32,33)30(24-4-2-1-3-5-24)19-26(31)29-23-10-6-20(7-11-23)18-21-14-16-28-17-15-21/h1-17H,18-19H2,(H,29,31). The summed E-state index contributed by atoms with van der Waals surface area (Å²) in [6.45, 7) is -0.381. The first kappa shape index (κ1) is 23.5. The molecule has 0 aliphatic heterocycles. The molecule has 1 aromatic heterocycles. The molecule has 172 valence electrons. The number of nitrogens with zero attached hydrogens (tertiary/aromatic N) is 2. The van der Waals surface area contributed by atoms with E-state index in [-0.39, 0.29) is 11.4 Å². The molecule has 3 aromatic carbocycles. The van der Waals surface area contributed by atoms with Crippen molar-refractivity contribution in [3.63, 3.8) is 0 Å². The van der Waals surface area contributed by atoms with Gasteiger partial charge in [-0.3, -0.25) is 14.1 Å². The molecule has 0 radical (unpaired) electrons. The van der Waals surface area contributed by atoms with Gasteiger partial charge in [0.1, 0.15) is 6.54 Å². The van der Waals surface area contributed by atoms with Crippen LogP contribution in [0.15, 0.2) is 108 Å². The molecule has 0 saturated heterocycles. The van der Waals surface area contributed by atoms with Gasteiger partial charge in [0.15, 0.2) is 0 Å². The summed E-state index contributed by atoms with van der Waals surface area (Å²) in [6, 6.07) is 25.7. The molecule has 1 amide bonds. The first-order chi connectivity index (χ1) is 16.4. The number of para-hydroxylation sites is 1. The summed E-state index contributed by atoms with van der Waals surface area (Å²) in [7, 11) is -3.99. The number of rotatable bonds is 8. The SMILES string of the molecule is O=C(CN(c1ccccc1)S(=O)(=O)c1ccc(Cl)cc1)Nc1ccc(Cc2ccncc2)cc1. The van der Waals surface area contributed by atoms with E-state index in [0.717, 1.165) is 21.9 Å². The molecule has 4 rings (SSSR count). The Morgan fingerprint density at radius 1 is 0.824 bits per heavy atom. The second kappa shape index (κ2) is 10.5. The van der Waals surface area contributed by atoms with Gasteiger partial charge in [-0.15, -0.1) is 0 Å². The topological polar surface area (TPSA) is 79.4 Å². The highest BCUT2D eigenvalue weighted by Crippen LogP contribution is 2.25. The Morgan fingerprint density at radius 3 is 2.09 bits per heavy atom. The van der Waals surface area contributed by atoms with Gasteiger partial charge >= 0.3 is 0 Å². The normalized spacial score (nSPS) is 11.1. The van der Waals surface area contributed by atoms with Gasteiger partial charge in [0, 0.05) is 23.1 Å². The summed E-state index contributed by atoms with van der Waals surface area (Å²) >= 11 is 5.91. The molecule has 34 heavy (non-hydrogen) atoms. The van der Waals surface area contributed by atoms with Gasteiger partial charge in [-0.05, 0) is 78.2 Å². The van der Waals surface area contributed by atoms with Crippen LogP contribution < -0.4 is 9.62 Å². The summed E-state index contributed by atoms with van der Waals surface area (Å²) in [5.41, 5.74) is 3.19. The Labute approximate surface area is 203 Å². The Hall–Kier alpha value is -3.68. The zero-order valence-corrected chi connectivity index (χ0v) is 19.7. The molecule has 0 atom stereocenters. The van der Waals surface area contributed by atoms with Crippen LogP contribution in [0.1, 0.15) is 11.1 Å². The second-order valence-corrected chi connectivity index (χ2v) is 9.88. The predicted octanol–water partition coefficient (Wildman–Crippen LogP) is 5.16. The summed E-state index contributed by atoms with van der Waals surface area (Å²) in [6.07, 6.45) is 4.25. The monoisotopic (exact) mass is 491 g/mol. The molecule has 8 heteroatoms. The number of sulfonamides is 1. The first-order valence-electron chi connectivity index (χ1n) is 10.5. The van der Waals surface area contributed by atoms with Crippen molar-refractivity contribution in [3.05, 3.63) is 120 Å². The third kappa shape index (κ3) is 5.81. The lowest BCUT2D eigenvalue weighted by molar-refractivity contribution is -0.114. The van der Waals surface area contributed by atoms with E-state index in [1.807, 2.05) is 24.3 Å². The van der Waals surface area contributed by atoms with Crippen molar-refractivity contribution >= 4 is 38.9 Å². The lowest BCUT2D eigenvalue weighted by atomic mass is 10.1. The van der Waals surface area contributed by atoms with E-state index < -0.39 is 15.9 Å². The van der Waals surface area contributed by atoms with Gasteiger partial charge in [0.05, 0.1) is 10.6 Å². The smallest absolute Gasteiger partial charge is 0.264 e. The zero-order chi connectivity index (χ0) is 24.0. The summed E-state index contributed by atoms with van der Waals surface area (Å²) in [5, 5.41) is 3.22. The van der Waals surface area contributed by atoms with Crippen molar-refractivity contribution in [3.8, 4) is 0 Å². The molecule has 1 heterocycles. The Balaban J connectivity index is 1.50. The highest BCUT2D eigenvalue weighted by atomic mass is 35.5. The van der Waals surface area contributed by atoms with Crippen LogP contribution in [0.4, 0.5) is 11.4 Å². The van der Waals surface area contributed by atoms with Gasteiger partial charge in [-0.25, -0.2) is 8.42 Å². The van der Waals surface area contributed by atoms with Crippen molar-refractivity contribution in [2.24, 2.45) is 0 Å². The fourth-order valence-corrected chi connectivity index (χ4v) is 4.96. The van der Waals surface area contributed by atoms with Crippen LogP contribution in [0.3, 0.4) is 0 Å². The molecule has 0 spiro atoms. The van der Waals surface area contributed by atoms with Gasteiger partial charge in [-0.1, -0.05) is 41.9 Å². The Morgan fingerprint density at radius 2 is 1.44 bits per heavy atom. The highest BCUT2D eigenvalue weighted by Gasteiger charge is 2.27. The van der Waals surface area contributed by atoms with Crippen LogP contribution in [0.2, 0.25) is 5.02 Å². The highest BCUT2D eigenvalue weighted by molar-refractivity contribution is 7.92. The molecule has 0 aliphatic carbocycles. The van der Waals surface area contributed by atoms with Crippen LogP contribution in [0, 0.1) is 0 Å². The number of halogens is 1. The van der Waals surface area contributed by atoms with Gasteiger partial charge in [-0.2, -0.15) is 0 Å². The van der Waals surface area contributed by atoms with E-state index in [1.54, 1.807) is 54.9 Å². The minimum atomic E-state index is -3.99. The van der Waals surface area contributed by atoms with E-state index in [9.17, 15) is 13.2 Å². The van der Waals surface area contributed by atoms with Gasteiger partial charge in [0.2, 0.25) is 5.91 Å². The number of carbonyl (C=O) groups excluding carboxylic acids is 1. The molecule has 0 aliphatic rings. The third-order valence-electron chi connectivity index (χ3n) is 5.13. The molecular weight excluding hydrogens is 470 g/mol. The van der Waals surface area contributed by atoms with E-state index in [1.165, 1.54) is 24.3 Å². The molecule has 1 N–H and O–H groups in total. The molecule has 0 unspecified atom stereocenters. The number of amides is 1. The maximum atomic E-state index is 13.3. The van der Waals surface area contributed by atoms with Crippen molar-refractivity contribution in [2.75, 3.05) is 16.2 Å². The van der Waals surface area contributed by atoms with Crippen molar-refractivity contribution in [1.82, 2.24) is 4.98 Å². The number of aromatic nitrogens is 1. The van der Waals surface area contributed by atoms with Crippen LogP contribution in [-0.2, 0) is 21.2 Å². The van der Waals surface area contributed by atoms with E-state index in [0.29, 0.717) is 16.4 Å². The second-order valence-electron chi connectivity index (χ2n) is 7.58. The Kier molecular flexibility index (Phi) is 7.25. The number of hydrogen-bond acceptors (Lipinski definition) is 4. The molecule has 0 fully saturated rings. The number of pyridine rings is 1. The minimum Gasteiger partial charge on any atom is -0.325 e. The third-order valence-corrected chi connectivity index (χ3v) is 7.17. The lowest BCUT2D eigenvalue weighted by Gasteiger charge is -2.24. The molecule has 0 saturated carbocycles. The van der Waals surface area contributed by atoms with Gasteiger partial charge in [0.25, 0.3) is 10.0 Å². The summed E-state index contributed by atoms with van der Waals surface area (Å²) in [4.78, 5) is 16.9. The molecule has 6 nitrogen and oxygen atoms in total. The Bertz CT molecular complexity index is 1350. The summed E-state index contributed by atoms with van der Waals surface area (Å²) < 4.78 is 27.8. The van der Waals surface area contributed by atoms with Crippen LogP contribution in [0.25, 0.3) is 0 Å². The minimum absolute atomic E-state index is 0.0500. The number of benzene rings is 3. The molecular formula is C26H22ClN3O3S. The number of anilines is 2.